The van der Waals surface area contributed by atoms with Crippen LogP contribution in [0.4, 0.5) is 11.4 Å². The summed E-state index contributed by atoms with van der Waals surface area (Å²) in [6, 6.07) is 6.17. The van der Waals surface area contributed by atoms with Gasteiger partial charge >= 0.3 is 0 Å². The third-order valence-corrected chi connectivity index (χ3v) is 3.16. The zero-order valence-electron chi connectivity index (χ0n) is 9.46. The van der Waals surface area contributed by atoms with E-state index in [1.165, 1.54) is 0 Å². The summed E-state index contributed by atoms with van der Waals surface area (Å²) in [5.74, 6) is 0.633. The molecule has 0 radical (unpaired) electrons. The molecule has 0 atom stereocenters. The largest absolute Gasteiger partial charge is 0.360 e. The van der Waals surface area contributed by atoms with Crippen LogP contribution in [-0.2, 0) is 4.79 Å². The predicted molar refractivity (Wildman–Crippen MR) is 74.8 cm³/mol. The summed E-state index contributed by atoms with van der Waals surface area (Å²) < 4.78 is 1.14. The number of fused-ring (bicyclic) bond motifs is 1. The van der Waals surface area contributed by atoms with Crippen LogP contribution in [0.25, 0.3) is 0 Å². The van der Waals surface area contributed by atoms with E-state index in [0.29, 0.717) is 12.5 Å². The molecule has 0 saturated heterocycles. The van der Waals surface area contributed by atoms with Crippen LogP contribution in [-0.4, -0.2) is 19.0 Å². The van der Waals surface area contributed by atoms with Gasteiger partial charge in [0.25, 0.3) is 0 Å². The molecule has 0 fully saturated rings. The molecule has 0 spiro atoms. The Bertz CT molecular complexity index is 417. The van der Waals surface area contributed by atoms with E-state index in [9.17, 15) is 4.79 Å². The Morgan fingerprint density at radius 2 is 2.25 bits per heavy atom. The summed E-state index contributed by atoms with van der Waals surface area (Å²) in [6.45, 7) is 5.71. The number of hydrogen-bond donors (Lipinski definition) is 1. The fourth-order valence-corrected chi connectivity index (χ4v) is 2.43. The summed E-state index contributed by atoms with van der Waals surface area (Å²) in [4.78, 5) is 13.7. The first-order chi connectivity index (χ1) is 7.56. The highest BCUT2D eigenvalue weighted by Crippen LogP contribution is 2.31. The fraction of sp³-hybridized carbons (Fsp3) is 0.417. The van der Waals surface area contributed by atoms with Gasteiger partial charge in [-0.25, -0.2) is 0 Å². The molecule has 0 bridgehead atoms. The molecule has 2 rings (SSSR count). The van der Waals surface area contributed by atoms with Crippen molar-refractivity contribution in [3.63, 3.8) is 0 Å². The smallest absolute Gasteiger partial charge is 0.243 e. The molecule has 3 nitrogen and oxygen atoms in total. The third kappa shape index (κ3) is 2.48. The van der Waals surface area contributed by atoms with Crippen LogP contribution >= 0.6 is 22.6 Å². The lowest BCUT2D eigenvalue weighted by atomic mass is 10.1. The van der Waals surface area contributed by atoms with Crippen molar-refractivity contribution < 1.29 is 4.79 Å². The number of nitrogens with one attached hydrogen (secondary N) is 1. The van der Waals surface area contributed by atoms with Crippen molar-refractivity contribution in [3.8, 4) is 0 Å². The van der Waals surface area contributed by atoms with Crippen molar-refractivity contribution >= 4 is 39.9 Å². The number of amides is 1. The minimum atomic E-state index is 0.0788. The topological polar surface area (TPSA) is 32.3 Å². The highest BCUT2D eigenvalue weighted by Gasteiger charge is 2.22. The van der Waals surface area contributed by atoms with Gasteiger partial charge in [-0.1, -0.05) is 13.8 Å². The number of rotatable bonds is 2. The Balaban J connectivity index is 2.34. The lowest BCUT2D eigenvalue weighted by Gasteiger charge is -2.32. The molecule has 1 N–H and O–H groups in total. The van der Waals surface area contributed by atoms with Gasteiger partial charge in [0.1, 0.15) is 0 Å². The van der Waals surface area contributed by atoms with E-state index < -0.39 is 0 Å². The van der Waals surface area contributed by atoms with Gasteiger partial charge in [-0.3, -0.25) is 4.79 Å². The number of carbonyl (C=O) groups is 1. The Morgan fingerprint density at radius 3 is 2.94 bits per heavy atom. The van der Waals surface area contributed by atoms with Crippen molar-refractivity contribution in [3.05, 3.63) is 21.8 Å². The van der Waals surface area contributed by atoms with E-state index >= 15 is 0 Å². The van der Waals surface area contributed by atoms with Gasteiger partial charge in [-0.15, -0.1) is 0 Å². The number of hydrogen-bond acceptors (Lipinski definition) is 2. The van der Waals surface area contributed by atoms with Crippen LogP contribution in [0.15, 0.2) is 18.2 Å². The molecule has 0 unspecified atom stereocenters. The molecule has 16 heavy (non-hydrogen) atoms. The zero-order valence-corrected chi connectivity index (χ0v) is 11.6. The van der Waals surface area contributed by atoms with Gasteiger partial charge in [-0.05, 0) is 46.7 Å². The zero-order chi connectivity index (χ0) is 11.7. The molecule has 1 aromatic carbocycles. The Hall–Kier alpha value is -0.780. The maximum absolute atomic E-state index is 11.6. The second-order valence-electron chi connectivity index (χ2n) is 4.48. The van der Waals surface area contributed by atoms with Crippen molar-refractivity contribution in [2.45, 2.75) is 13.8 Å². The monoisotopic (exact) mass is 330 g/mol. The second-order valence-corrected chi connectivity index (χ2v) is 5.73. The maximum Gasteiger partial charge on any atom is 0.243 e. The summed E-state index contributed by atoms with van der Waals surface area (Å²) in [5.41, 5.74) is 2.07. The number of nitrogens with zero attached hydrogens (tertiary/aromatic N) is 1. The number of halogens is 1. The molecular formula is C12H15IN2O. The van der Waals surface area contributed by atoms with E-state index in [2.05, 4.69) is 58.8 Å². The molecule has 1 heterocycles. The predicted octanol–water partition coefficient (Wildman–Crippen LogP) is 2.71. The average Bonchev–Trinajstić information content (AvgIpc) is 2.15. The van der Waals surface area contributed by atoms with Crippen LogP contribution in [0.1, 0.15) is 13.8 Å². The molecule has 0 aliphatic carbocycles. The van der Waals surface area contributed by atoms with Crippen LogP contribution in [0, 0.1) is 9.49 Å². The molecule has 1 amide bonds. The first-order valence-corrected chi connectivity index (χ1v) is 6.48. The van der Waals surface area contributed by atoms with Crippen molar-refractivity contribution in [1.82, 2.24) is 0 Å². The highest BCUT2D eigenvalue weighted by atomic mass is 127. The van der Waals surface area contributed by atoms with Gasteiger partial charge in [0, 0.05) is 10.1 Å². The molecular weight excluding hydrogens is 315 g/mol. The minimum absolute atomic E-state index is 0.0788. The standard InChI is InChI=1S/C12H15IN2O/c1-8(2)6-15-7-12(16)14-10-5-9(13)3-4-11(10)15/h3-5,8H,6-7H2,1-2H3,(H,14,16). The SMILES string of the molecule is CC(C)CN1CC(=O)Nc2cc(I)ccc21. The van der Waals surface area contributed by atoms with Crippen molar-refractivity contribution in [2.75, 3.05) is 23.3 Å². The van der Waals surface area contributed by atoms with E-state index in [1.54, 1.807) is 0 Å². The van der Waals surface area contributed by atoms with E-state index in [0.717, 1.165) is 21.5 Å². The van der Waals surface area contributed by atoms with Crippen LogP contribution in [0.2, 0.25) is 0 Å². The summed E-state index contributed by atoms with van der Waals surface area (Å²) in [7, 11) is 0. The molecule has 1 aliphatic heterocycles. The van der Waals surface area contributed by atoms with Gasteiger partial charge in [-0.2, -0.15) is 0 Å². The van der Waals surface area contributed by atoms with Crippen LogP contribution < -0.4 is 10.2 Å². The van der Waals surface area contributed by atoms with Crippen LogP contribution in [0.5, 0.6) is 0 Å². The Morgan fingerprint density at radius 1 is 1.50 bits per heavy atom. The van der Waals surface area contributed by atoms with Crippen molar-refractivity contribution in [1.29, 1.82) is 0 Å². The lowest BCUT2D eigenvalue weighted by Crippen LogP contribution is -2.40. The van der Waals surface area contributed by atoms with Crippen molar-refractivity contribution in [2.24, 2.45) is 5.92 Å². The quantitative estimate of drug-likeness (QED) is 0.846. The highest BCUT2D eigenvalue weighted by molar-refractivity contribution is 14.1. The summed E-state index contributed by atoms with van der Waals surface area (Å²) in [5, 5.41) is 2.92. The summed E-state index contributed by atoms with van der Waals surface area (Å²) in [6.07, 6.45) is 0. The molecule has 1 aromatic rings. The second kappa shape index (κ2) is 4.61. The van der Waals surface area contributed by atoms with Gasteiger partial charge in [0.15, 0.2) is 0 Å². The Labute approximate surface area is 109 Å². The van der Waals surface area contributed by atoms with Gasteiger partial charge in [0.05, 0.1) is 17.9 Å². The van der Waals surface area contributed by atoms with E-state index in [1.807, 2.05) is 6.07 Å². The first-order valence-electron chi connectivity index (χ1n) is 5.40. The number of anilines is 2. The average molecular weight is 330 g/mol. The maximum atomic E-state index is 11.6. The van der Waals surface area contributed by atoms with Crippen LogP contribution in [0.3, 0.4) is 0 Å². The number of benzene rings is 1. The minimum Gasteiger partial charge on any atom is -0.360 e. The molecule has 0 saturated carbocycles. The fourth-order valence-electron chi connectivity index (χ4n) is 1.94. The molecule has 4 heteroatoms. The lowest BCUT2D eigenvalue weighted by molar-refractivity contribution is -0.115. The molecule has 1 aliphatic rings. The molecule has 86 valence electrons. The molecule has 0 aromatic heterocycles. The summed E-state index contributed by atoms with van der Waals surface area (Å²) >= 11 is 2.26. The number of carbonyl (C=O) groups excluding carboxylic acids is 1. The van der Waals surface area contributed by atoms with E-state index in [4.69, 9.17) is 0 Å². The normalized spacial score (nSPS) is 15.0. The Kier molecular flexibility index (Phi) is 3.37. The first kappa shape index (κ1) is 11.7. The van der Waals surface area contributed by atoms with Gasteiger partial charge < -0.3 is 10.2 Å². The third-order valence-electron chi connectivity index (χ3n) is 2.49. The van der Waals surface area contributed by atoms with E-state index in [-0.39, 0.29) is 5.91 Å². The van der Waals surface area contributed by atoms with Gasteiger partial charge in [0.2, 0.25) is 5.91 Å².